The largest absolute Gasteiger partial charge is 0.468 e. The first kappa shape index (κ1) is 10.5. The predicted octanol–water partition coefficient (Wildman–Crippen LogP) is -1.35. The molecule has 72 valence electrons. The van der Waals surface area contributed by atoms with Crippen molar-refractivity contribution in [3.8, 4) is 0 Å². The van der Waals surface area contributed by atoms with Crippen LogP contribution < -0.4 is 0 Å². The van der Waals surface area contributed by atoms with Crippen LogP contribution in [-0.2, 0) is 14.4 Å². The number of nitrogens with zero attached hydrogens (tertiary/aromatic N) is 1. The average molecular weight is 185 g/mol. The van der Waals surface area contributed by atoms with Crippen molar-refractivity contribution in [2.75, 3.05) is 20.2 Å². The highest BCUT2D eigenvalue weighted by molar-refractivity contribution is 6.08. The Labute approximate surface area is 78.0 Å². The number of hydrogen-bond acceptors (Lipinski definition) is 5. The molecule has 1 aliphatic rings. The van der Waals surface area contributed by atoms with Crippen molar-refractivity contribution in [3.63, 3.8) is 0 Å². The van der Waals surface area contributed by atoms with Gasteiger partial charge in [-0.3, -0.25) is 4.79 Å². The van der Waals surface area contributed by atoms with Crippen LogP contribution in [0.2, 0.25) is 0 Å². The van der Waals surface area contributed by atoms with Crippen LogP contribution in [0.5, 0.6) is 0 Å². The zero-order valence-corrected chi connectivity index (χ0v) is 7.47. The lowest BCUT2D eigenvalue weighted by atomic mass is 10.2. The summed E-state index contributed by atoms with van der Waals surface area (Å²) in [6.45, 7) is 0.275. The second kappa shape index (κ2) is 4.60. The Morgan fingerprint density at radius 2 is 2.46 bits per heavy atom. The molecule has 0 aliphatic carbocycles. The highest BCUT2D eigenvalue weighted by Gasteiger charge is 2.37. The van der Waals surface area contributed by atoms with Crippen LogP contribution in [0.15, 0.2) is 0 Å². The molecular weight excluding hydrogens is 173 g/mol. The molecule has 1 rings (SSSR count). The van der Waals surface area contributed by atoms with Crippen LogP contribution in [0, 0.1) is 0 Å². The summed E-state index contributed by atoms with van der Waals surface area (Å²) >= 11 is 0. The summed E-state index contributed by atoms with van der Waals surface area (Å²) in [6.07, 6.45) is -0.234. The number of carbonyl (C=O) groups is 1. The molecule has 13 heavy (non-hydrogen) atoms. The maximum atomic E-state index is 11.1. The van der Waals surface area contributed by atoms with Crippen LogP contribution in [0.4, 0.5) is 0 Å². The van der Waals surface area contributed by atoms with Crippen molar-refractivity contribution in [2.24, 2.45) is 0 Å². The Bertz CT molecular complexity index is 189. The lowest BCUT2D eigenvalue weighted by Gasteiger charge is -2.20. The smallest absolute Gasteiger partial charge is 0.325 e. The summed E-state index contributed by atoms with van der Waals surface area (Å²) in [5, 5.41) is 10.6. The number of aliphatic hydroxyl groups excluding tert-OH is 1. The van der Waals surface area contributed by atoms with E-state index >= 15 is 0 Å². The Morgan fingerprint density at radius 1 is 1.77 bits per heavy atom. The van der Waals surface area contributed by atoms with Gasteiger partial charge in [0.1, 0.15) is 13.9 Å². The zero-order chi connectivity index (χ0) is 9.84. The van der Waals surface area contributed by atoms with Crippen molar-refractivity contribution in [2.45, 2.75) is 18.6 Å². The van der Waals surface area contributed by atoms with E-state index in [9.17, 15) is 9.90 Å². The zero-order valence-electron chi connectivity index (χ0n) is 7.47. The fraction of sp³-hybridized carbons (Fsp3) is 0.857. The third-order valence-electron chi connectivity index (χ3n) is 1.95. The SMILES string of the molecule is [B]CON1C[C@@H](O)C[C@H]1C(=O)OC. The second-order valence-electron chi connectivity index (χ2n) is 2.82. The molecule has 0 aromatic rings. The summed E-state index contributed by atoms with van der Waals surface area (Å²) in [4.78, 5) is 16.1. The van der Waals surface area contributed by atoms with Gasteiger partial charge in [0.25, 0.3) is 0 Å². The first-order chi connectivity index (χ1) is 6.19. The van der Waals surface area contributed by atoms with E-state index in [1.165, 1.54) is 12.2 Å². The second-order valence-corrected chi connectivity index (χ2v) is 2.82. The molecule has 0 aromatic carbocycles. The Kier molecular flexibility index (Phi) is 3.71. The molecular formula is C7H12BNO4. The fourth-order valence-electron chi connectivity index (χ4n) is 1.37. The van der Waals surface area contributed by atoms with Crippen molar-refractivity contribution in [3.05, 3.63) is 0 Å². The van der Waals surface area contributed by atoms with E-state index in [2.05, 4.69) is 4.74 Å². The molecule has 6 heteroatoms. The number of esters is 1. The van der Waals surface area contributed by atoms with E-state index in [0.717, 1.165) is 0 Å². The molecule has 0 amide bonds. The monoisotopic (exact) mass is 185 g/mol. The summed E-state index contributed by atoms with van der Waals surface area (Å²) in [7, 11) is 6.46. The molecule has 0 bridgehead atoms. The van der Waals surface area contributed by atoms with E-state index in [1.807, 2.05) is 0 Å². The summed E-state index contributed by atoms with van der Waals surface area (Å²) in [5.41, 5.74) is 0. The number of hydrogen-bond donors (Lipinski definition) is 1. The fourth-order valence-corrected chi connectivity index (χ4v) is 1.37. The number of hydroxylamine groups is 2. The molecule has 1 fully saturated rings. The Hall–Kier alpha value is -0.585. The molecule has 0 unspecified atom stereocenters. The van der Waals surface area contributed by atoms with E-state index in [1.54, 1.807) is 0 Å². The van der Waals surface area contributed by atoms with Gasteiger partial charge in [-0.05, 0) is 0 Å². The minimum absolute atomic E-state index is 0.0137. The number of aliphatic hydroxyl groups is 1. The first-order valence-corrected chi connectivity index (χ1v) is 4.04. The number of ether oxygens (including phenoxy) is 1. The van der Waals surface area contributed by atoms with Crippen LogP contribution in [-0.4, -0.2) is 56.3 Å². The highest BCUT2D eigenvalue weighted by atomic mass is 16.7. The average Bonchev–Trinajstić information content (AvgIpc) is 2.46. The van der Waals surface area contributed by atoms with E-state index in [0.29, 0.717) is 6.42 Å². The maximum absolute atomic E-state index is 11.1. The van der Waals surface area contributed by atoms with Gasteiger partial charge in [-0.2, -0.15) is 5.06 Å². The van der Waals surface area contributed by atoms with Gasteiger partial charge in [-0.1, -0.05) is 0 Å². The summed E-state index contributed by atoms with van der Waals surface area (Å²) < 4.78 is 4.55. The third kappa shape index (κ3) is 2.43. The lowest BCUT2D eigenvalue weighted by Crippen LogP contribution is -2.37. The highest BCUT2D eigenvalue weighted by Crippen LogP contribution is 2.18. The molecule has 0 spiro atoms. The molecule has 5 nitrogen and oxygen atoms in total. The van der Waals surface area contributed by atoms with Crippen molar-refractivity contribution in [1.82, 2.24) is 5.06 Å². The molecule has 1 aliphatic heterocycles. The van der Waals surface area contributed by atoms with E-state index < -0.39 is 18.1 Å². The maximum Gasteiger partial charge on any atom is 0.325 e. The van der Waals surface area contributed by atoms with Gasteiger partial charge in [0.15, 0.2) is 0 Å². The van der Waals surface area contributed by atoms with Crippen molar-refractivity contribution >= 4 is 13.8 Å². The molecule has 0 aromatic heterocycles. The molecule has 2 radical (unpaired) electrons. The molecule has 1 saturated heterocycles. The van der Waals surface area contributed by atoms with Crippen molar-refractivity contribution < 1.29 is 19.5 Å². The number of carbonyl (C=O) groups excluding carboxylic acids is 1. The minimum atomic E-state index is -0.560. The summed E-state index contributed by atoms with van der Waals surface area (Å²) in [5.74, 6) is -0.412. The van der Waals surface area contributed by atoms with Gasteiger partial charge in [0, 0.05) is 12.9 Å². The first-order valence-electron chi connectivity index (χ1n) is 4.04. The van der Waals surface area contributed by atoms with Gasteiger partial charge < -0.3 is 14.7 Å². The van der Waals surface area contributed by atoms with Crippen LogP contribution in [0.3, 0.4) is 0 Å². The third-order valence-corrected chi connectivity index (χ3v) is 1.95. The predicted molar refractivity (Wildman–Crippen MR) is 44.8 cm³/mol. The number of rotatable bonds is 3. The molecule has 2 atom stereocenters. The lowest BCUT2D eigenvalue weighted by molar-refractivity contribution is -0.180. The van der Waals surface area contributed by atoms with E-state index in [4.69, 9.17) is 12.7 Å². The number of β-amino-alcohol motifs (C(OH)–C–C–N with tert-alkyl or cyclic N) is 1. The van der Waals surface area contributed by atoms with Crippen LogP contribution in [0.1, 0.15) is 6.42 Å². The molecule has 1 N–H and O–H groups in total. The van der Waals surface area contributed by atoms with Crippen LogP contribution >= 0.6 is 0 Å². The van der Waals surface area contributed by atoms with Crippen molar-refractivity contribution in [1.29, 1.82) is 0 Å². The normalized spacial score (nSPS) is 29.1. The van der Waals surface area contributed by atoms with Gasteiger partial charge in [-0.25, -0.2) is 0 Å². The molecule has 0 saturated carbocycles. The topological polar surface area (TPSA) is 59.0 Å². The Morgan fingerprint density at radius 3 is 3.00 bits per heavy atom. The Balaban J connectivity index is 2.55. The van der Waals surface area contributed by atoms with E-state index in [-0.39, 0.29) is 13.1 Å². The van der Waals surface area contributed by atoms with Gasteiger partial charge in [-0.15, -0.1) is 0 Å². The van der Waals surface area contributed by atoms with Gasteiger partial charge in [0.2, 0.25) is 0 Å². The quantitative estimate of drug-likeness (QED) is 0.435. The van der Waals surface area contributed by atoms with Gasteiger partial charge >= 0.3 is 5.97 Å². The van der Waals surface area contributed by atoms with Crippen LogP contribution in [0.25, 0.3) is 0 Å². The standard InChI is InChI=1S/C7H12BNO4/c1-12-7(11)6-2-5(10)3-9(6)13-4-8/h5-6,10H,2-4H2,1H3/t5-,6-/m0/s1. The minimum Gasteiger partial charge on any atom is -0.468 e. The summed E-state index contributed by atoms with van der Waals surface area (Å²) in [6, 6.07) is -0.538. The molecule has 1 heterocycles. The van der Waals surface area contributed by atoms with Gasteiger partial charge in [0.05, 0.1) is 19.8 Å². The number of methoxy groups -OCH3 is 1.